The van der Waals surface area contributed by atoms with Gasteiger partial charge in [0, 0.05) is 23.9 Å². The number of benzene rings is 1. The number of aromatic nitrogens is 4. The van der Waals surface area contributed by atoms with E-state index in [-0.39, 0.29) is 18.2 Å². The molecule has 1 amide bonds. The van der Waals surface area contributed by atoms with Crippen LogP contribution < -0.4 is 10.6 Å². The van der Waals surface area contributed by atoms with Crippen molar-refractivity contribution in [2.45, 2.75) is 50.7 Å². The summed E-state index contributed by atoms with van der Waals surface area (Å²) in [6.07, 6.45) is 1.69. The quantitative estimate of drug-likeness (QED) is 0.414. The van der Waals surface area contributed by atoms with Gasteiger partial charge in [0.1, 0.15) is 17.5 Å². The van der Waals surface area contributed by atoms with Gasteiger partial charge in [0.05, 0.1) is 23.7 Å². The lowest BCUT2D eigenvalue weighted by molar-refractivity contribution is 0.0948. The standard InChI is InChI=1S/C20H24F2N6OS/c1-11(2)25-17-15-10-24-28(18(15)27-20(26-17)30-12(3)4)8-7-23-19(29)14-6-5-13(21)9-16(14)22/h5-6,9-12H,7-8H2,1-4H3,(H,23,29)(H,25,26,27). The van der Waals surface area contributed by atoms with Gasteiger partial charge in [-0.05, 0) is 26.0 Å². The van der Waals surface area contributed by atoms with Gasteiger partial charge in [-0.1, -0.05) is 25.6 Å². The average molecular weight is 435 g/mol. The molecular weight excluding hydrogens is 410 g/mol. The lowest BCUT2D eigenvalue weighted by Gasteiger charge is -2.12. The van der Waals surface area contributed by atoms with Crippen LogP contribution in [-0.2, 0) is 6.54 Å². The van der Waals surface area contributed by atoms with Crippen molar-refractivity contribution in [2.24, 2.45) is 0 Å². The summed E-state index contributed by atoms with van der Waals surface area (Å²) in [5, 5.41) is 12.1. The van der Waals surface area contributed by atoms with Crippen molar-refractivity contribution in [1.29, 1.82) is 0 Å². The Labute approximate surface area is 177 Å². The van der Waals surface area contributed by atoms with Gasteiger partial charge in [-0.25, -0.2) is 23.4 Å². The summed E-state index contributed by atoms with van der Waals surface area (Å²) < 4.78 is 28.5. The fourth-order valence-electron chi connectivity index (χ4n) is 2.79. The summed E-state index contributed by atoms with van der Waals surface area (Å²) in [7, 11) is 0. The van der Waals surface area contributed by atoms with Gasteiger partial charge in [-0.2, -0.15) is 5.10 Å². The zero-order valence-electron chi connectivity index (χ0n) is 17.2. The van der Waals surface area contributed by atoms with Gasteiger partial charge in [0.25, 0.3) is 5.91 Å². The van der Waals surface area contributed by atoms with Crippen molar-refractivity contribution in [3.8, 4) is 0 Å². The molecule has 0 aliphatic rings. The van der Waals surface area contributed by atoms with Crippen LogP contribution in [0.5, 0.6) is 0 Å². The Morgan fingerprint density at radius 1 is 1.20 bits per heavy atom. The monoisotopic (exact) mass is 434 g/mol. The first-order chi connectivity index (χ1) is 14.2. The first-order valence-corrected chi connectivity index (χ1v) is 10.5. The SMILES string of the molecule is CC(C)Nc1nc(SC(C)C)nc2c1cnn2CCNC(=O)c1ccc(F)cc1F. The highest BCUT2D eigenvalue weighted by Gasteiger charge is 2.16. The maximum atomic E-state index is 13.8. The second-order valence-corrected chi connectivity index (χ2v) is 8.85. The van der Waals surface area contributed by atoms with Crippen molar-refractivity contribution in [2.75, 3.05) is 11.9 Å². The molecule has 0 fully saturated rings. The van der Waals surface area contributed by atoms with E-state index in [4.69, 9.17) is 0 Å². The van der Waals surface area contributed by atoms with Crippen LogP contribution in [0.4, 0.5) is 14.6 Å². The maximum Gasteiger partial charge on any atom is 0.254 e. The molecule has 2 heterocycles. The van der Waals surface area contributed by atoms with Crippen molar-refractivity contribution in [3.05, 3.63) is 41.6 Å². The van der Waals surface area contributed by atoms with E-state index in [9.17, 15) is 13.6 Å². The van der Waals surface area contributed by atoms with E-state index in [1.165, 1.54) is 0 Å². The Bertz CT molecular complexity index is 1050. The first kappa shape index (κ1) is 21.9. The molecule has 0 aliphatic carbocycles. The van der Waals surface area contributed by atoms with Gasteiger partial charge in [-0.15, -0.1) is 0 Å². The molecule has 30 heavy (non-hydrogen) atoms. The first-order valence-electron chi connectivity index (χ1n) is 9.64. The third kappa shape index (κ3) is 5.24. The number of halogens is 2. The van der Waals surface area contributed by atoms with E-state index in [0.29, 0.717) is 34.5 Å². The zero-order valence-corrected chi connectivity index (χ0v) is 18.1. The molecule has 7 nitrogen and oxygen atoms in total. The minimum atomic E-state index is -0.899. The number of amides is 1. The predicted octanol–water partition coefficient (Wildman–Crippen LogP) is 3.86. The number of hydrogen-bond donors (Lipinski definition) is 2. The number of nitrogens with one attached hydrogen (secondary N) is 2. The highest BCUT2D eigenvalue weighted by molar-refractivity contribution is 7.99. The maximum absolute atomic E-state index is 13.8. The smallest absolute Gasteiger partial charge is 0.254 e. The largest absolute Gasteiger partial charge is 0.367 e. The molecule has 0 aliphatic heterocycles. The summed E-state index contributed by atoms with van der Waals surface area (Å²) in [4.78, 5) is 21.4. The fourth-order valence-corrected chi connectivity index (χ4v) is 3.49. The normalized spacial score (nSPS) is 11.5. The number of nitrogens with zero attached hydrogens (tertiary/aromatic N) is 4. The number of anilines is 1. The number of thioether (sulfide) groups is 1. The number of carbonyl (C=O) groups excluding carboxylic acids is 1. The molecule has 2 N–H and O–H groups in total. The van der Waals surface area contributed by atoms with Crippen LogP contribution in [0.15, 0.2) is 29.6 Å². The molecule has 0 spiro atoms. The molecule has 0 saturated carbocycles. The lowest BCUT2D eigenvalue weighted by atomic mass is 10.2. The van der Waals surface area contributed by atoms with Crippen LogP contribution >= 0.6 is 11.8 Å². The molecular formula is C20H24F2N6OS. The molecule has 0 atom stereocenters. The van der Waals surface area contributed by atoms with E-state index in [0.717, 1.165) is 17.5 Å². The minimum Gasteiger partial charge on any atom is -0.367 e. The van der Waals surface area contributed by atoms with E-state index in [1.54, 1.807) is 22.6 Å². The Morgan fingerprint density at radius 3 is 2.63 bits per heavy atom. The molecule has 0 radical (unpaired) electrons. The van der Waals surface area contributed by atoms with Crippen LogP contribution in [0.2, 0.25) is 0 Å². The topological polar surface area (TPSA) is 84.7 Å². The third-order valence-electron chi connectivity index (χ3n) is 4.03. The molecule has 0 saturated heterocycles. The van der Waals surface area contributed by atoms with Crippen molar-refractivity contribution >= 4 is 34.5 Å². The van der Waals surface area contributed by atoms with Crippen LogP contribution in [0.1, 0.15) is 38.1 Å². The molecule has 0 bridgehead atoms. The molecule has 3 rings (SSSR count). The van der Waals surface area contributed by atoms with Gasteiger partial charge in [0.2, 0.25) is 0 Å². The van der Waals surface area contributed by atoms with E-state index in [1.807, 2.05) is 13.8 Å². The number of hydrogen-bond acceptors (Lipinski definition) is 6. The highest BCUT2D eigenvalue weighted by atomic mass is 32.2. The Balaban J connectivity index is 1.77. The summed E-state index contributed by atoms with van der Waals surface area (Å²) in [6, 6.07) is 3.04. The Hall–Kier alpha value is -2.75. The zero-order chi connectivity index (χ0) is 21.8. The van der Waals surface area contributed by atoms with E-state index in [2.05, 4.69) is 39.5 Å². The van der Waals surface area contributed by atoms with Crippen molar-refractivity contribution < 1.29 is 13.6 Å². The molecule has 160 valence electrons. The number of rotatable bonds is 8. The lowest BCUT2D eigenvalue weighted by Crippen LogP contribution is -2.28. The highest BCUT2D eigenvalue weighted by Crippen LogP contribution is 2.26. The van der Waals surface area contributed by atoms with Gasteiger partial charge in [-0.3, -0.25) is 4.79 Å². The molecule has 0 unspecified atom stereocenters. The van der Waals surface area contributed by atoms with Gasteiger partial charge in [0.15, 0.2) is 10.8 Å². The van der Waals surface area contributed by atoms with Gasteiger partial charge < -0.3 is 10.6 Å². The van der Waals surface area contributed by atoms with E-state index < -0.39 is 17.5 Å². The van der Waals surface area contributed by atoms with E-state index >= 15 is 0 Å². The second-order valence-electron chi connectivity index (χ2n) is 7.31. The fraction of sp³-hybridized carbons (Fsp3) is 0.400. The molecule has 2 aromatic heterocycles. The Morgan fingerprint density at radius 2 is 1.97 bits per heavy atom. The summed E-state index contributed by atoms with van der Waals surface area (Å²) >= 11 is 1.55. The molecule has 1 aromatic carbocycles. The van der Waals surface area contributed by atoms with Crippen LogP contribution in [0, 0.1) is 11.6 Å². The second kappa shape index (κ2) is 9.38. The molecule has 3 aromatic rings. The minimum absolute atomic E-state index is 0.188. The van der Waals surface area contributed by atoms with Crippen LogP contribution in [0.25, 0.3) is 11.0 Å². The Kier molecular flexibility index (Phi) is 6.86. The summed E-state index contributed by atoms with van der Waals surface area (Å²) in [5.41, 5.74) is 0.446. The van der Waals surface area contributed by atoms with Gasteiger partial charge >= 0.3 is 0 Å². The van der Waals surface area contributed by atoms with Crippen molar-refractivity contribution in [3.63, 3.8) is 0 Å². The predicted molar refractivity (Wildman–Crippen MR) is 114 cm³/mol. The van der Waals surface area contributed by atoms with Crippen LogP contribution in [-0.4, -0.2) is 43.5 Å². The third-order valence-corrected chi connectivity index (χ3v) is 4.89. The molecule has 10 heteroatoms. The number of fused-ring (bicyclic) bond motifs is 1. The van der Waals surface area contributed by atoms with Crippen molar-refractivity contribution in [1.82, 2.24) is 25.1 Å². The van der Waals surface area contributed by atoms with Crippen LogP contribution in [0.3, 0.4) is 0 Å². The average Bonchev–Trinajstić information content (AvgIpc) is 3.04. The summed E-state index contributed by atoms with van der Waals surface area (Å²) in [5.74, 6) is -1.53. The summed E-state index contributed by atoms with van der Waals surface area (Å²) in [6.45, 7) is 8.72. The number of carbonyl (C=O) groups is 1.